The molecule has 2 heterocycles. The van der Waals surface area contributed by atoms with E-state index < -0.39 is 0 Å². The summed E-state index contributed by atoms with van der Waals surface area (Å²) in [6, 6.07) is 0.875. The van der Waals surface area contributed by atoms with E-state index in [2.05, 4.69) is 46.4 Å². The van der Waals surface area contributed by atoms with Crippen molar-refractivity contribution in [2.24, 2.45) is 17.3 Å². The minimum absolute atomic E-state index is 0.374. The van der Waals surface area contributed by atoms with Gasteiger partial charge in [0, 0.05) is 18.1 Å². The average Bonchev–Trinajstić information content (AvgIpc) is 2.30. The Kier molecular flexibility index (Phi) is 2.06. The summed E-state index contributed by atoms with van der Waals surface area (Å²) in [5.41, 5.74) is 0.882. The highest BCUT2D eigenvalue weighted by molar-refractivity contribution is 5.10. The molecule has 0 amide bonds. The number of fused-ring (bicyclic) bond motifs is 1. The van der Waals surface area contributed by atoms with Crippen LogP contribution >= 0.6 is 0 Å². The molecular weight excluding hydrogens is 170 g/mol. The third-order valence-corrected chi connectivity index (χ3v) is 4.16. The average molecular weight is 195 g/mol. The van der Waals surface area contributed by atoms with E-state index in [1.54, 1.807) is 0 Å². The molecule has 0 aromatic carbocycles. The first-order valence-corrected chi connectivity index (χ1v) is 5.98. The van der Waals surface area contributed by atoms with Gasteiger partial charge in [0.1, 0.15) is 0 Å². The first-order valence-electron chi connectivity index (χ1n) is 5.98. The molecule has 0 aromatic heterocycles. The lowest BCUT2D eigenvalue weighted by molar-refractivity contribution is 0.0254. The summed E-state index contributed by atoms with van der Waals surface area (Å²) in [6.45, 7) is 15.6. The van der Waals surface area contributed by atoms with Crippen molar-refractivity contribution in [1.29, 1.82) is 0 Å². The van der Waals surface area contributed by atoms with E-state index in [9.17, 15) is 0 Å². The molecule has 0 spiro atoms. The predicted molar refractivity (Wildman–Crippen MR) is 61.3 cm³/mol. The van der Waals surface area contributed by atoms with Gasteiger partial charge in [0.25, 0.3) is 0 Å². The largest absolute Gasteiger partial charge is 0.295 e. The Labute approximate surface area is 88.9 Å². The number of rotatable bonds is 0. The minimum Gasteiger partial charge on any atom is -0.295 e. The lowest BCUT2D eigenvalue weighted by Gasteiger charge is -2.47. The van der Waals surface area contributed by atoms with Gasteiger partial charge in [-0.05, 0) is 44.4 Å². The molecule has 2 bridgehead atoms. The first-order chi connectivity index (χ1) is 6.21. The molecule has 3 unspecified atom stereocenters. The molecule has 1 heteroatoms. The van der Waals surface area contributed by atoms with Gasteiger partial charge in [-0.15, -0.1) is 0 Å². The van der Waals surface area contributed by atoms with Crippen LogP contribution in [-0.4, -0.2) is 23.0 Å². The minimum atomic E-state index is 0.374. The molecule has 14 heavy (non-hydrogen) atoms. The zero-order valence-electron chi connectivity index (χ0n) is 10.6. The van der Waals surface area contributed by atoms with E-state index in [0.29, 0.717) is 11.0 Å². The fourth-order valence-electron chi connectivity index (χ4n) is 3.67. The van der Waals surface area contributed by atoms with Gasteiger partial charge in [0.05, 0.1) is 0 Å². The molecule has 3 fully saturated rings. The van der Waals surface area contributed by atoms with Crippen LogP contribution in [0.15, 0.2) is 0 Å². The molecule has 2 aliphatic heterocycles. The van der Waals surface area contributed by atoms with Crippen LogP contribution < -0.4 is 0 Å². The van der Waals surface area contributed by atoms with E-state index in [0.717, 1.165) is 17.9 Å². The summed E-state index contributed by atoms with van der Waals surface area (Å²) in [6.07, 6.45) is 1.46. The van der Waals surface area contributed by atoms with Crippen LogP contribution in [0.3, 0.4) is 0 Å². The maximum Gasteiger partial charge on any atom is 0.0140 e. The van der Waals surface area contributed by atoms with Gasteiger partial charge in [-0.3, -0.25) is 4.90 Å². The van der Waals surface area contributed by atoms with Gasteiger partial charge in [0.15, 0.2) is 0 Å². The summed E-state index contributed by atoms with van der Waals surface area (Å²) in [4.78, 5) is 2.73. The van der Waals surface area contributed by atoms with Crippen molar-refractivity contribution in [2.45, 2.75) is 59.5 Å². The Bertz CT molecular complexity index is 215. The van der Waals surface area contributed by atoms with E-state index >= 15 is 0 Å². The topological polar surface area (TPSA) is 3.24 Å². The zero-order valence-corrected chi connectivity index (χ0v) is 10.6. The molecular formula is C13H25N. The van der Waals surface area contributed by atoms with E-state index in [1.807, 2.05) is 0 Å². The SMILES string of the molecule is CC(C)(C)C1C2CC1N(C(C)(C)C)C2. The lowest BCUT2D eigenvalue weighted by atomic mass is 9.61. The van der Waals surface area contributed by atoms with Crippen LogP contribution in [-0.2, 0) is 0 Å². The molecule has 0 radical (unpaired) electrons. The summed E-state index contributed by atoms with van der Waals surface area (Å²) < 4.78 is 0. The maximum atomic E-state index is 2.73. The van der Waals surface area contributed by atoms with Gasteiger partial charge in [-0.25, -0.2) is 0 Å². The van der Waals surface area contributed by atoms with E-state index in [-0.39, 0.29) is 0 Å². The monoisotopic (exact) mass is 195 g/mol. The van der Waals surface area contributed by atoms with Crippen LogP contribution in [0.5, 0.6) is 0 Å². The van der Waals surface area contributed by atoms with Gasteiger partial charge >= 0.3 is 0 Å². The lowest BCUT2D eigenvalue weighted by Crippen LogP contribution is -2.50. The maximum absolute atomic E-state index is 2.73. The number of nitrogens with zero attached hydrogens (tertiary/aromatic N) is 1. The smallest absolute Gasteiger partial charge is 0.0140 e. The number of hydrogen-bond acceptors (Lipinski definition) is 1. The predicted octanol–water partition coefficient (Wildman–Crippen LogP) is 3.15. The first kappa shape index (κ1) is 10.5. The van der Waals surface area contributed by atoms with Gasteiger partial charge < -0.3 is 0 Å². The highest BCUT2D eigenvalue weighted by atomic mass is 15.3. The Morgan fingerprint density at radius 3 is 1.86 bits per heavy atom. The van der Waals surface area contributed by atoms with Crippen molar-refractivity contribution in [1.82, 2.24) is 4.90 Å². The fraction of sp³-hybridized carbons (Fsp3) is 1.00. The van der Waals surface area contributed by atoms with Crippen LogP contribution in [0, 0.1) is 17.3 Å². The standard InChI is InChI=1S/C13H25N/c1-12(2,3)11-9-7-10(11)14(8-9)13(4,5)6/h9-11H,7-8H2,1-6H3. The van der Waals surface area contributed by atoms with Crippen molar-refractivity contribution < 1.29 is 0 Å². The molecule has 3 aliphatic rings. The summed E-state index contributed by atoms with van der Waals surface area (Å²) in [5.74, 6) is 1.93. The fourth-order valence-corrected chi connectivity index (χ4v) is 3.67. The summed E-state index contributed by atoms with van der Waals surface area (Å²) in [5, 5.41) is 0. The second-order valence-electron chi connectivity index (χ2n) is 7.28. The molecule has 2 saturated heterocycles. The quantitative estimate of drug-likeness (QED) is 0.574. The molecule has 82 valence electrons. The van der Waals surface area contributed by atoms with Crippen molar-refractivity contribution in [3.63, 3.8) is 0 Å². The van der Waals surface area contributed by atoms with Crippen molar-refractivity contribution in [3.8, 4) is 0 Å². The second kappa shape index (κ2) is 2.75. The van der Waals surface area contributed by atoms with Gasteiger partial charge in [0.2, 0.25) is 0 Å². The highest BCUT2D eigenvalue weighted by Gasteiger charge is 2.57. The van der Waals surface area contributed by atoms with Crippen molar-refractivity contribution >= 4 is 0 Å². The van der Waals surface area contributed by atoms with Crippen LogP contribution in [0.2, 0.25) is 0 Å². The van der Waals surface area contributed by atoms with Crippen LogP contribution in [0.4, 0.5) is 0 Å². The Morgan fingerprint density at radius 2 is 1.57 bits per heavy atom. The molecule has 3 rings (SSSR count). The zero-order chi connectivity index (χ0) is 10.7. The van der Waals surface area contributed by atoms with Crippen molar-refractivity contribution in [2.75, 3.05) is 6.54 Å². The van der Waals surface area contributed by atoms with Crippen molar-refractivity contribution in [3.05, 3.63) is 0 Å². The second-order valence-corrected chi connectivity index (χ2v) is 7.28. The van der Waals surface area contributed by atoms with Crippen LogP contribution in [0.1, 0.15) is 48.0 Å². The molecule has 1 nitrogen and oxygen atoms in total. The Hall–Kier alpha value is -0.0400. The van der Waals surface area contributed by atoms with E-state index in [1.165, 1.54) is 13.0 Å². The third-order valence-electron chi connectivity index (χ3n) is 4.16. The highest BCUT2D eigenvalue weighted by Crippen LogP contribution is 2.55. The summed E-state index contributed by atoms with van der Waals surface area (Å²) in [7, 11) is 0. The number of hydrogen-bond donors (Lipinski definition) is 0. The normalized spacial score (nSPS) is 38.6. The molecule has 0 aromatic rings. The van der Waals surface area contributed by atoms with Gasteiger partial charge in [-0.2, -0.15) is 0 Å². The summed E-state index contributed by atoms with van der Waals surface area (Å²) >= 11 is 0. The Balaban J connectivity index is 2.12. The molecule has 1 aliphatic carbocycles. The van der Waals surface area contributed by atoms with E-state index in [4.69, 9.17) is 0 Å². The molecule has 0 N–H and O–H groups in total. The molecule has 1 saturated carbocycles. The third kappa shape index (κ3) is 1.41. The van der Waals surface area contributed by atoms with Gasteiger partial charge in [-0.1, -0.05) is 20.8 Å². The molecule has 3 atom stereocenters. The van der Waals surface area contributed by atoms with Crippen LogP contribution in [0.25, 0.3) is 0 Å². The Morgan fingerprint density at radius 1 is 1.00 bits per heavy atom.